The highest BCUT2D eigenvalue weighted by Crippen LogP contribution is 2.39. The summed E-state index contributed by atoms with van der Waals surface area (Å²) in [6, 6.07) is 21.3. The van der Waals surface area contributed by atoms with Gasteiger partial charge in [-0.3, -0.25) is 14.4 Å². The number of unbranched alkanes of at least 4 members (excludes halogenated alkanes) is 2. The summed E-state index contributed by atoms with van der Waals surface area (Å²) >= 11 is 0. The van der Waals surface area contributed by atoms with Crippen LogP contribution in [0.1, 0.15) is 101 Å². The minimum absolute atomic E-state index is 0.0839. The molecule has 0 unspecified atom stereocenters. The fraction of sp³-hybridized carbons (Fsp3) is 0.468. The number of benzene rings is 3. The monoisotopic (exact) mass is 761 g/mol. The van der Waals surface area contributed by atoms with E-state index in [0.717, 1.165) is 92.4 Å². The second-order valence-corrected chi connectivity index (χ2v) is 15.8. The molecule has 9 heteroatoms. The summed E-state index contributed by atoms with van der Waals surface area (Å²) in [4.78, 5) is 43.8. The number of nitrogens with one attached hydrogen (secondary N) is 1. The minimum Gasteiger partial charge on any atom is -0.384 e. The molecule has 0 saturated heterocycles. The van der Waals surface area contributed by atoms with Crippen molar-refractivity contribution in [3.63, 3.8) is 0 Å². The Bertz CT molecular complexity index is 1980. The average Bonchev–Trinajstić information content (AvgIpc) is 3.42. The highest BCUT2D eigenvalue weighted by atomic mass is 16.2. The lowest BCUT2D eigenvalue weighted by Gasteiger charge is -2.36. The number of hydrogen-bond acceptors (Lipinski definition) is 5. The van der Waals surface area contributed by atoms with Gasteiger partial charge in [-0.25, -0.2) is 0 Å². The molecule has 2 aliphatic rings. The van der Waals surface area contributed by atoms with Crippen LogP contribution in [-0.2, 0) is 61.8 Å². The normalized spacial score (nSPS) is 14.8. The van der Waals surface area contributed by atoms with E-state index in [9.17, 15) is 4.79 Å². The maximum absolute atomic E-state index is 15.0. The lowest BCUT2D eigenvalue weighted by molar-refractivity contribution is -0.131. The number of nitrogens with zero attached hydrogens (tertiary/aromatic N) is 4. The van der Waals surface area contributed by atoms with Crippen LogP contribution in [0.5, 0.6) is 0 Å². The first-order valence-corrected chi connectivity index (χ1v) is 20.6. The number of amides is 3. The molecule has 0 radical (unpaired) electrons. The number of primary amides is 1. The van der Waals surface area contributed by atoms with Gasteiger partial charge < -0.3 is 30.3 Å². The van der Waals surface area contributed by atoms with Crippen LogP contribution in [0.3, 0.4) is 0 Å². The highest BCUT2D eigenvalue weighted by Gasteiger charge is 2.33. The summed E-state index contributed by atoms with van der Waals surface area (Å²) in [5.41, 5.74) is 18.3. The van der Waals surface area contributed by atoms with Crippen molar-refractivity contribution in [1.82, 2.24) is 19.3 Å². The average molecular weight is 761 g/mol. The second kappa shape index (κ2) is 19.8. The Kier molecular flexibility index (Phi) is 14.9. The standard InChI is InChI=1S/C46H61N5O2.CH3NO/c1-8-10-19-39-33(4)49(7)45(40(39)20-11-9-2)41-27-35-22-24-50(44(52)29-36-17-14-15-21-43(36)47-23-25-48(5)6)30-38(35)28-42(41)46(53)51-31-37-18-13-12-16-34(37)26-32(51)3;2-1-3/h12-18,21,27-28,32,47H,8-11,19-20,22-26,29-31H2,1-7H3;1H,(H2,2,3)/t32-;/m1./s1. The highest BCUT2D eigenvalue weighted by molar-refractivity contribution is 6.02. The Morgan fingerprint density at radius 2 is 1.57 bits per heavy atom. The zero-order valence-electron chi connectivity index (χ0n) is 34.9. The van der Waals surface area contributed by atoms with E-state index >= 15 is 4.79 Å². The number of anilines is 1. The van der Waals surface area contributed by atoms with Crippen molar-refractivity contribution in [2.24, 2.45) is 12.8 Å². The number of rotatable bonds is 14. The Balaban J connectivity index is 0.00000194. The molecule has 0 bridgehead atoms. The van der Waals surface area contributed by atoms with Crippen LogP contribution in [0, 0.1) is 6.92 Å². The molecule has 2 aliphatic heterocycles. The van der Waals surface area contributed by atoms with E-state index in [-0.39, 0.29) is 24.3 Å². The van der Waals surface area contributed by atoms with Crippen molar-refractivity contribution in [3.05, 3.63) is 111 Å². The maximum atomic E-state index is 15.0. The van der Waals surface area contributed by atoms with Crippen molar-refractivity contribution in [3.8, 4) is 11.3 Å². The van der Waals surface area contributed by atoms with Crippen LogP contribution < -0.4 is 11.1 Å². The first kappa shape index (κ1) is 42.3. The van der Waals surface area contributed by atoms with Crippen molar-refractivity contribution in [1.29, 1.82) is 0 Å². The number of carbonyl (C=O) groups excluding carboxylic acids is 3. The van der Waals surface area contributed by atoms with Gasteiger partial charge in [-0.2, -0.15) is 0 Å². The molecule has 56 heavy (non-hydrogen) atoms. The zero-order chi connectivity index (χ0) is 40.4. The van der Waals surface area contributed by atoms with Gasteiger partial charge in [-0.15, -0.1) is 0 Å². The number of nitrogens with two attached hydrogens (primary N) is 1. The van der Waals surface area contributed by atoms with Gasteiger partial charge in [-0.1, -0.05) is 69.2 Å². The topological polar surface area (TPSA) is 104 Å². The molecule has 3 heterocycles. The summed E-state index contributed by atoms with van der Waals surface area (Å²) in [6.07, 6.45) is 8.85. The third-order valence-corrected chi connectivity index (χ3v) is 11.7. The number of likely N-dealkylation sites (N-methyl/N-ethyl adjacent to an activating group) is 1. The van der Waals surface area contributed by atoms with Crippen molar-refractivity contribution in [2.75, 3.05) is 39.0 Å². The van der Waals surface area contributed by atoms with E-state index in [1.54, 1.807) is 0 Å². The van der Waals surface area contributed by atoms with Crippen molar-refractivity contribution < 1.29 is 14.4 Å². The molecule has 4 aromatic rings. The first-order valence-electron chi connectivity index (χ1n) is 20.6. The predicted octanol–water partition coefficient (Wildman–Crippen LogP) is 7.48. The molecule has 0 fully saturated rings. The van der Waals surface area contributed by atoms with Crippen LogP contribution in [0.15, 0.2) is 60.7 Å². The number of para-hydroxylation sites is 1. The lowest BCUT2D eigenvalue weighted by atomic mass is 9.87. The van der Waals surface area contributed by atoms with Crippen LogP contribution >= 0.6 is 0 Å². The minimum atomic E-state index is 0.0839. The van der Waals surface area contributed by atoms with E-state index in [1.165, 1.54) is 39.2 Å². The van der Waals surface area contributed by atoms with E-state index in [0.29, 0.717) is 26.1 Å². The van der Waals surface area contributed by atoms with Gasteiger partial charge in [0, 0.05) is 68.3 Å². The largest absolute Gasteiger partial charge is 0.384 e. The van der Waals surface area contributed by atoms with E-state index in [2.05, 4.69) is 123 Å². The summed E-state index contributed by atoms with van der Waals surface area (Å²) in [7, 11) is 6.32. The van der Waals surface area contributed by atoms with Crippen LogP contribution in [0.2, 0.25) is 0 Å². The molecule has 1 atom stereocenters. The molecule has 1 aromatic heterocycles. The first-order chi connectivity index (χ1) is 27.0. The lowest BCUT2D eigenvalue weighted by Crippen LogP contribution is -2.43. The summed E-state index contributed by atoms with van der Waals surface area (Å²) in [6.45, 7) is 12.5. The fourth-order valence-electron chi connectivity index (χ4n) is 8.42. The van der Waals surface area contributed by atoms with Gasteiger partial charge in [0.25, 0.3) is 5.91 Å². The molecule has 6 rings (SSSR count). The van der Waals surface area contributed by atoms with Gasteiger partial charge in [0.2, 0.25) is 12.3 Å². The van der Waals surface area contributed by atoms with E-state index in [4.69, 9.17) is 4.79 Å². The quantitative estimate of drug-likeness (QED) is 0.130. The van der Waals surface area contributed by atoms with Crippen LogP contribution in [-0.4, -0.2) is 77.3 Å². The Morgan fingerprint density at radius 1 is 0.911 bits per heavy atom. The zero-order valence-corrected chi connectivity index (χ0v) is 34.9. The molecule has 3 N–H and O–H groups in total. The third kappa shape index (κ3) is 9.73. The summed E-state index contributed by atoms with van der Waals surface area (Å²) < 4.78 is 2.37. The molecule has 3 amide bonds. The SMILES string of the molecule is CCCCc1c(CCCC)c(-c2cc3c(cc2C(=O)N2Cc4ccccc4C[C@H]2C)CN(C(=O)Cc2ccccc2NCCN(C)C)CC3)n(C)c1C.NC=O. The molecular weight excluding hydrogens is 697 g/mol. The van der Waals surface area contributed by atoms with Crippen molar-refractivity contribution in [2.45, 2.75) is 105 Å². The molecule has 9 nitrogen and oxygen atoms in total. The Hall–Kier alpha value is -4.89. The van der Waals surface area contributed by atoms with Crippen LogP contribution in [0.25, 0.3) is 11.3 Å². The van der Waals surface area contributed by atoms with Gasteiger partial charge in [0.15, 0.2) is 0 Å². The fourth-order valence-corrected chi connectivity index (χ4v) is 8.42. The molecule has 0 saturated carbocycles. The Morgan fingerprint density at radius 3 is 2.27 bits per heavy atom. The molecular formula is C47H64N6O3. The molecule has 0 spiro atoms. The van der Waals surface area contributed by atoms with E-state index in [1.807, 2.05) is 17.0 Å². The molecule has 3 aromatic carbocycles. The van der Waals surface area contributed by atoms with E-state index < -0.39 is 0 Å². The molecule has 0 aliphatic carbocycles. The second-order valence-electron chi connectivity index (χ2n) is 15.8. The maximum Gasteiger partial charge on any atom is 0.255 e. The van der Waals surface area contributed by atoms with Gasteiger partial charge in [0.1, 0.15) is 0 Å². The predicted molar refractivity (Wildman–Crippen MR) is 229 cm³/mol. The van der Waals surface area contributed by atoms with Gasteiger partial charge in [-0.05, 0) is 124 Å². The van der Waals surface area contributed by atoms with Gasteiger partial charge >= 0.3 is 0 Å². The number of fused-ring (bicyclic) bond motifs is 2. The summed E-state index contributed by atoms with van der Waals surface area (Å²) in [5.74, 6) is 0.206. The molecule has 300 valence electrons. The number of carbonyl (C=O) groups is 3. The van der Waals surface area contributed by atoms with Crippen molar-refractivity contribution >= 4 is 23.9 Å². The van der Waals surface area contributed by atoms with Gasteiger partial charge in [0.05, 0.1) is 12.1 Å². The number of aromatic nitrogens is 1. The Labute approximate surface area is 335 Å². The van der Waals surface area contributed by atoms with Crippen LogP contribution in [0.4, 0.5) is 5.69 Å². The smallest absolute Gasteiger partial charge is 0.255 e. The summed E-state index contributed by atoms with van der Waals surface area (Å²) in [5, 5.41) is 3.53. The third-order valence-electron chi connectivity index (χ3n) is 11.7. The number of hydrogen-bond donors (Lipinski definition) is 2.